The second-order valence-electron chi connectivity index (χ2n) is 7.39. The Labute approximate surface area is 147 Å². The third kappa shape index (κ3) is 8.35. The van der Waals surface area contributed by atoms with E-state index in [0.717, 1.165) is 25.7 Å². The SMILES string of the molecule is CC[C@@H](O)[C@H](C)C[C@@H](C)C(=O)[C@H](C)C[C@H](C)C[C@@H](C)C(=O)SC. The predicted molar refractivity (Wildman–Crippen MR) is 99.5 cm³/mol. The van der Waals surface area contributed by atoms with Crippen molar-refractivity contribution in [3.8, 4) is 0 Å². The Balaban J connectivity index is 4.40. The molecular formula is C19H36O3S. The first kappa shape index (κ1) is 22.6. The zero-order chi connectivity index (χ0) is 18.2. The summed E-state index contributed by atoms with van der Waals surface area (Å²) in [7, 11) is 0. The van der Waals surface area contributed by atoms with Gasteiger partial charge in [0.1, 0.15) is 5.78 Å². The molecule has 0 heterocycles. The van der Waals surface area contributed by atoms with Gasteiger partial charge in [0.25, 0.3) is 0 Å². The molecule has 0 unspecified atom stereocenters. The average molecular weight is 345 g/mol. The van der Waals surface area contributed by atoms with Crippen LogP contribution in [-0.4, -0.2) is 28.4 Å². The maximum atomic E-state index is 12.5. The van der Waals surface area contributed by atoms with Gasteiger partial charge in [0.2, 0.25) is 0 Å². The summed E-state index contributed by atoms with van der Waals surface area (Å²) in [5.74, 6) is 0.866. The fourth-order valence-corrected chi connectivity index (χ4v) is 3.93. The van der Waals surface area contributed by atoms with Crippen molar-refractivity contribution in [1.82, 2.24) is 0 Å². The molecule has 0 aromatic rings. The van der Waals surface area contributed by atoms with Gasteiger partial charge in [-0.2, -0.15) is 0 Å². The lowest BCUT2D eigenvalue weighted by atomic mass is 9.81. The molecular weight excluding hydrogens is 308 g/mol. The molecule has 136 valence electrons. The molecule has 4 heteroatoms. The van der Waals surface area contributed by atoms with Crippen LogP contribution in [0.1, 0.15) is 67.2 Å². The van der Waals surface area contributed by atoms with Gasteiger partial charge in [-0.05, 0) is 43.8 Å². The number of Topliss-reactive ketones (excluding diaryl/α,β-unsaturated/α-hetero) is 1. The van der Waals surface area contributed by atoms with Gasteiger partial charge in [-0.25, -0.2) is 0 Å². The lowest BCUT2D eigenvalue weighted by Crippen LogP contribution is -2.26. The van der Waals surface area contributed by atoms with Gasteiger partial charge in [-0.15, -0.1) is 0 Å². The molecule has 0 aromatic carbocycles. The number of aliphatic hydroxyl groups excluding tert-OH is 1. The number of carbonyl (C=O) groups is 2. The van der Waals surface area contributed by atoms with Crippen molar-refractivity contribution in [3.05, 3.63) is 0 Å². The standard InChI is InChI=1S/C19H36O3S/c1-8-17(20)13(3)11-15(5)18(21)14(4)9-12(2)10-16(6)19(22)23-7/h12-17,20H,8-11H2,1-7H3/t12-,13+,14+,15+,16+,17+/m0/s1. The molecule has 6 atom stereocenters. The summed E-state index contributed by atoms with van der Waals surface area (Å²) in [6, 6.07) is 0. The van der Waals surface area contributed by atoms with E-state index in [-0.39, 0.29) is 40.7 Å². The van der Waals surface area contributed by atoms with Crippen molar-refractivity contribution in [2.24, 2.45) is 29.6 Å². The molecule has 0 spiro atoms. The van der Waals surface area contributed by atoms with E-state index in [1.54, 1.807) is 0 Å². The summed E-state index contributed by atoms with van der Waals surface area (Å²) < 4.78 is 0. The Hall–Kier alpha value is -0.350. The average Bonchev–Trinajstić information content (AvgIpc) is 2.51. The van der Waals surface area contributed by atoms with Crippen LogP contribution in [0.25, 0.3) is 0 Å². The minimum atomic E-state index is -0.321. The summed E-state index contributed by atoms with van der Waals surface area (Å²) in [5.41, 5.74) is 0. The van der Waals surface area contributed by atoms with Gasteiger partial charge >= 0.3 is 0 Å². The second-order valence-corrected chi connectivity index (χ2v) is 8.20. The Morgan fingerprint density at radius 1 is 0.913 bits per heavy atom. The summed E-state index contributed by atoms with van der Waals surface area (Å²) >= 11 is 1.29. The third-order valence-corrected chi connectivity index (χ3v) is 5.69. The number of hydrogen-bond donors (Lipinski definition) is 1. The van der Waals surface area contributed by atoms with Gasteiger partial charge in [0.05, 0.1) is 6.10 Å². The van der Waals surface area contributed by atoms with Crippen LogP contribution in [0.15, 0.2) is 0 Å². The maximum absolute atomic E-state index is 12.5. The predicted octanol–water partition coefficient (Wildman–Crippen LogP) is 4.57. The van der Waals surface area contributed by atoms with Gasteiger partial charge in [-0.3, -0.25) is 9.59 Å². The number of ketones is 1. The highest BCUT2D eigenvalue weighted by molar-refractivity contribution is 8.13. The van der Waals surface area contributed by atoms with Crippen LogP contribution in [0.3, 0.4) is 0 Å². The molecule has 0 aliphatic carbocycles. The number of aliphatic hydroxyl groups is 1. The largest absolute Gasteiger partial charge is 0.393 e. The number of thioether (sulfide) groups is 1. The summed E-state index contributed by atoms with van der Waals surface area (Å²) in [6.45, 7) is 12.1. The second kappa shape index (κ2) is 11.2. The van der Waals surface area contributed by atoms with Gasteiger partial charge in [0.15, 0.2) is 5.12 Å². The molecule has 0 radical (unpaired) electrons. The van der Waals surface area contributed by atoms with Crippen molar-refractivity contribution >= 4 is 22.7 Å². The number of hydrogen-bond acceptors (Lipinski definition) is 4. The van der Waals surface area contributed by atoms with E-state index in [1.165, 1.54) is 11.8 Å². The van der Waals surface area contributed by atoms with Crippen LogP contribution < -0.4 is 0 Å². The minimum absolute atomic E-state index is 0.0151. The molecule has 0 saturated heterocycles. The summed E-state index contributed by atoms with van der Waals surface area (Å²) in [6.07, 6.45) is 4.65. The monoisotopic (exact) mass is 344 g/mol. The van der Waals surface area contributed by atoms with E-state index < -0.39 is 0 Å². The van der Waals surface area contributed by atoms with Crippen LogP contribution in [0.4, 0.5) is 0 Å². The van der Waals surface area contributed by atoms with Crippen LogP contribution >= 0.6 is 11.8 Å². The van der Waals surface area contributed by atoms with Crippen LogP contribution in [-0.2, 0) is 9.59 Å². The normalized spacial score (nSPS) is 19.5. The molecule has 0 rings (SSSR count). The van der Waals surface area contributed by atoms with E-state index in [4.69, 9.17) is 0 Å². The summed E-state index contributed by atoms with van der Waals surface area (Å²) in [5, 5.41) is 10.1. The number of carbonyl (C=O) groups excluding carboxylic acids is 2. The quantitative estimate of drug-likeness (QED) is 0.596. The Morgan fingerprint density at radius 2 is 1.39 bits per heavy atom. The molecule has 1 N–H and O–H groups in total. The van der Waals surface area contributed by atoms with Crippen LogP contribution in [0.2, 0.25) is 0 Å². The lowest BCUT2D eigenvalue weighted by Gasteiger charge is -2.24. The number of rotatable bonds is 11. The van der Waals surface area contributed by atoms with Crippen LogP contribution in [0.5, 0.6) is 0 Å². The fourth-order valence-electron chi connectivity index (χ4n) is 3.44. The van der Waals surface area contributed by atoms with Crippen LogP contribution in [0, 0.1) is 29.6 Å². The first-order valence-corrected chi connectivity index (χ1v) is 10.2. The van der Waals surface area contributed by atoms with Gasteiger partial charge in [-0.1, -0.05) is 53.3 Å². The Bertz CT molecular complexity index is 370. The molecule has 0 amide bonds. The van der Waals surface area contributed by atoms with Crippen molar-refractivity contribution in [2.45, 2.75) is 73.3 Å². The van der Waals surface area contributed by atoms with E-state index in [1.807, 2.05) is 40.9 Å². The van der Waals surface area contributed by atoms with E-state index in [9.17, 15) is 14.7 Å². The highest BCUT2D eigenvalue weighted by Gasteiger charge is 2.26. The van der Waals surface area contributed by atoms with Gasteiger partial charge in [0, 0.05) is 17.8 Å². The topological polar surface area (TPSA) is 54.4 Å². The highest BCUT2D eigenvalue weighted by Crippen LogP contribution is 2.26. The minimum Gasteiger partial charge on any atom is -0.393 e. The lowest BCUT2D eigenvalue weighted by molar-refractivity contribution is -0.127. The van der Waals surface area contributed by atoms with Gasteiger partial charge < -0.3 is 5.11 Å². The first-order chi connectivity index (χ1) is 10.6. The van der Waals surface area contributed by atoms with Crippen molar-refractivity contribution in [1.29, 1.82) is 0 Å². The van der Waals surface area contributed by atoms with E-state index in [0.29, 0.717) is 5.92 Å². The molecule has 0 aliphatic rings. The molecule has 0 bridgehead atoms. The zero-order valence-electron chi connectivity index (χ0n) is 16.0. The van der Waals surface area contributed by atoms with E-state index in [2.05, 4.69) is 6.92 Å². The molecule has 23 heavy (non-hydrogen) atoms. The van der Waals surface area contributed by atoms with Crippen molar-refractivity contribution in [3.63, 3.8) is 0 Å². The molecule has 3 nitrogen and oxygen atoms in total. The van der Waals surface area contributed by atoms with E-state index >= 15 is 0 Å². The zero-order valence-corrected chi connectivity index (χ0v) is 16.8. The Kier molecular flexibility index (Phi) is 11.1. The molecule has 0 saturated carbocycles. The van der Waals surface area contributed by atoms with Crippen molar-refractivity contribution < 1.29 is 14.7 Å². The molecule has 0 aliphatic heterocycles. The highest BCUT2D eigenvalue weighted by atomic mass is 32.2. The molecule has 0 fully saturated rings. The molecule has 0 aromatic heterocycles. The maximum Gasteiger partial charge on any atom is 0.191 e. The van der Waals surface area contributed by atoms with Crippen molar-refractivity contribution in [2.75, 3.05) is 6.26 Å². The smallest absolute Gasteiger partial charge is 0.191 e. The fraction of sp³-hybridized carbons (Fsp3) is 0.895. The summed E-state index contributed by atoms with van der Waals surface area (Å²) in [4.78, 5) is 24.2. The first-order valence-electron chi connectivity index (χ1n) is 8.93. The third-order valence-electron chi connectivity index (χ3n) is 4.89. The Morgan fingerprint density at radius 3 is 1.87 bits per heavy atom.